The van der Waals surface area contributed by atoms with Crippen LogP contribution in [0.3, 0.4) is 0 Å². The molecule has 0 spiro atoms. The molecule has 0 unspecified atom stereocenters. The fourth-order valence-electron chi connectivity index (χ4n) is 4.81. The first-order valence-electron chi connectivity index (χ1n) is 9.68. The van der Waals surface area contributed by atoms with Crippen molar-refractivity contribution in [2.75, 3.05) is 19.4 Å². The molecule has 0 atom stereocenters. The Morgan fingerprint density at radius 1 is 1.04 bits per heavy atom. The Bertz CT molecular complexity index is 857. The summed E-state index contributed by atoms with van der Waals surface area (Å²) in [4.78, 5) is 2.59. The molecule has 3 fully saturated rings. The number of rotatable bonds is 4. The average Bonchev–Trinajstić information content (AvgIpc) is 2.75. The molecule has 2 bridgehead atoms. The van der Waals surface area contributed by atoms with Crippen LogP contribution in [0.25, 0.3) is 0 Å². The van der Waals surface area contributed by atoms with Gasteiger partial charge in [0.15, 0.2) is 0 Å². The van der Waals surface area contributed by atoms with E-state index in [2.05, 4.69) is 29.2 Å². The summed E-state index contributed by atoms with van der Waals surface area (Å²) in [6.07, 6.45) is 4.99. The molecule has 1 saturated carbocycles. The van der Waals surface area contributed by atoms with Gasteiger partial charge in [-0.15, -0.1) is 0 Å². The molecular weight excluding hydrogens is 356 g/mol. The van der Waals surface area contributed by atoms with Gasteiger partial charge in [-0.05, 0) is 67.5 Å². The van der Waals surface area contributed by atoms with E-state index < -0.39 is 0 Å². The zero-order valence-corrected chi connectivity index (χ0v) is 16.4. The van der Waals surface area contributed by atoms with Crippen LogP contribution in [0.4, 0.5) is 0 Å². The minimum Gasteiger partial charge on any atom is -0.497 e. The summed E-state index contributed by atoms with van der Waals surface area (Å²) in [6.45, 7) is 1.15. The fourth-order valence-corrected chi connectivity index (χ4v) is 5.58. The van der Waals surface area contributed by atoms with E-state index in [1.165, 1.54) is 37.1 Å². The summed E-state index contributed by atoms with van der Waals surface area (Å²) in [5.74, 6) is 4.88. The van der Waals surface area contributed by atoms with Gasteiger partial charge in [0.25, 0.3) is 0 Å². The maximum atomic E-state index is 6.02. The summed E-state index contributed by atoms with van der Waals surface area (Å²) >= 11 is 1.73. The predicted molar refractivity (Wildman–Crippen MR) is 110 cm³/mol. The Hall–Kier alpha value is -2.14. The number of ether oxygens (including phenoxy) is 2. The van der Waals surface area contributed by atoms with Crippen LogP contribution in [0.15, 0.2) is 52.9 Å². The van der Waals surface area contributed by atoms with Gasteiger partial charge >= 0.3 is 0 Å². The lowest BCUT2D eigenvalue weighted by Crippen LogP contribution is -2.61. The first-order chi connectivity index (χ1) is 13.3. The molecule has 3 aliphatic heterocycles. The van der Waals surface area contributed by atoms with Crippen molar-refractivity contribution in [1.82, 2.24) is 4.90 Å². The first-order valence-corrected chi connectivity index (χ1v) is 10.6. The first kappa shape index (κ1) is 17.0. The van der Waals surface area contributed by atoms with Gasteiger partial charge in [-0.2, -0.15) is 0 Å². The van der Waals surface area contributed by atoms with Crippen LogP contribution >= 0.6 is 11.9 Å². The second-order valence-electron chi connectivity index (χ2n) is 7.56. The SMILES string of the molecule is COc1cccc(Oc2ccc(C34CCC(CC3)N3CCSN=C34)cc2)c1. The van der Waals surface area contributed by atoms with Crippen LogP contribution in [-0.2, 0) is 5.41 Å². The third-order valence-corrected chi connectivity index (χ3v) is 6.88. The van der Waals surface area contributed by atoms with E-state index in [1.54, 1.807) is 19.1 Å². The molecule has 3 heterocycles. The molecule has 0 radical (unpaired) electrons. The quantitative estimate of drug-likeness (QED) is 0.696. The van der Waals surface area contributed by atoms with E-state index in [-0.39, 0.29) is 5.41 Å². The lowest BCUT2D eigenvalue weighted by molar-refractivity contribution is 0.153. The lowest BCUT2D eigenvalue weighted by Gasteiger charge is -2.55. The largest absolute Gasteiger partial charge is 0.497 e. The third-order valence-electron chi connectivity index (χ3n) is 6.21. The monoisotopic (exact) mass is 380 g/mol. The Labute approximate surface area is 164 Å². The Balaban J connectivity index is 1.42. The molecule has 2 saturated heterocycles. The molecule has 4 aliphatic rings. The molecule has 2 aromatic rings. The molecule has 2 aromatic carbocycles. The maximum absolute atomic E-state index is 6.02. The van der Waals surface area contributed by atoms with Crippen LogP contribution in [0, 0.1) is 0 Å². The minimum atomic E-state index is 0.0939. The van der Waals surface area contributed by atoms with Crippen LogP contribution in [0.5, 0.6) is 17.2 Å². The van der Waals surface area contributed by atoms with Crippen molar-refractivity contribution in [2.45, 2.75) is 37.1 Å². The molecule has 0 N–H and O–H groups in total. The van der Waals surface area contributed by atoms with Gasteiger partial charge < -0.3 is 14.4 Å². The summed E-state index contributed by atoms with van der Waals surface area (Å²) < 4.78 is 16.2. The van der Waals surface area contributed by atoms with E-state index >= 15 is 0 Å². The number of methoxy groups -OCH3 is 1. The number of hydrogen-bond acceptors (Lipinski definition) is 5. The summed E-state index contributed by atoms with van der Waals surface area (Å²) in [5.41, 5.74) is 1.47. The Morgan fingerprint density at radius 2 is 1.81 bits per heavy atom. The topological polar surface area (TPSA) is 34.1 Å². The smallest absolute Gasteiger partial charge is 0.131 e. The number of nitrogens with zero attached hydrogens (tertiary/aromatic N) is 2. The van der Waals surface area contributed by atoms with Crippen molar-refractivity contribution in [3.63, 3.8) is 0 Å². The summed E-state index contributed by atoms with van der Waals surface area (Å²) in [5, 5.41) is 0. The Kier molecular flexibility index (Phi) is 4.27. The fraction of sp³-hybridized carbons (Fsp3) is 0.409. The highest BCUT2D eigenvalue weighted by Gasteiger charge is 2.51. The van der Waals surface area contributed by atoms with E-state index in [9.17, 15) is 0 Å². The van der Waals surface area contributed by atoms with E-state index in [4.69, 9.17) is 13.9 Å². The zero-order valence-electron chi connectivity index (χ0n) is 15.6. The molecule has 140 valence electrons. The number of hydrogen-bond donors (Lipinski definition) is 0. The number of benzene rings is 2. The van der Waals surface area contributed by atoms with Gasteiger partial charge in [0, 0.05) is 24.4 Å². The van der Waals surface area contributed by atoms with Crippen LogP contribution in [-0.4, -0.2) is 36.2 Å². The highest BCUT2D eigenvalue weighted by Crippen LogP contribution is 2.49. The summed E-state index contributed by atoms with van der Waals surface area (Å²) in [6, 6.07) is 17.1. The standard InChI is InChI=1S/C22H24N2O2S/c1-25-19-3-2-4-20(15-19)26-18-7-5-16(6-8-18)22-11-9-17(10-12-22)24-13-14-27-23-21(22)24/h2-8,15,17H,9-14H2,1H3. The number of piperidine rings is 2. The lowest BCUT2D eigenvalue weighted by atomic mass is 9.63. The average molecular weight is 381 g/mol. The van der Waals surface area contributed by atoms with Crippen molar-refractivity contribution < 1.29 is 9.47 Å². The van der Waals surface area contributed by atoms with Gasteiger partial charge in [0.2, 0.25) is 0 Å². The van der Waals surface area contributed by atoms with E-state index in [1.807, 2.05) is 24.3 Å². The maximum Gasteiger partial charge on any atom is 0.131 e. The van der Waals surface area contributed by atoms with E-state index in [0.717, 1.165) is 29.5 Å². The van der Waals surface area contributed by atoms with Gasteiger partial charge in [-0.3, -0.25) is 0 Å². The van der Waals surface area contributed by atoms with Crippen molar-refractivity contribution in [2.24, 2.45) is 4.40 Å². The second kappa shape index (κ2) is 6.79. The van der Waals surface area contributed by atoms with Crippen molar-refractivity contribution in [1.29, 1.82) is 0 Å². The minimum absolute atomic E-state index is 0.0939. The molecule has 27 heavy (non-hydrogen) atoms. The normalized spacial score (nSPS) is 26.3. The molecule has 0 aromatic heterocycles. The summed E-state index contributed by atoms with van der Waals surface area (Å²) in [7, 11) is 1.67. The van der Waals surface area contributed by atoms with Gasteiger partial charge in [0.05, 0.1) is 12.5 Å². The molecule has 0 amide bonds. The van der Waals surface area contributed by atoms with Crippen LogP contribution < -0.4 is 9.47 Å². The molecule has 6 rings (SSSR count). The zero-order chi connectivity index (χ0) is 18.3. The van der Waals surface area contributed by atoms with Crippen LogP contribution in [0.1, 0.15) is 31.2 Å². The molecular formula is C22H24N2O2S. The molecule has 1 aliphatic carbocycles. The van der Waals surface area contributed by atoms with Crippen LogP contribution in [0.2, 0.25) is 0 Å². The number of fused-ring (bicyclic) bond motifs is 2. The highest BCUT2D eigenvalue weighted by molar-refractivity contribution is 7.98. The molecule has 4 nitrogen and oxygen atoms in total. The highest BCUT2D eigenvalue weighted by atomic mass is 32.2. The second-order valence-corrected chi connectivity index (χ2v) is 8.41. The third kappa shape index (κ3) is 2.89. The van der Waals surface area contributed by atoms with Gasteiger partial charge in [0.1, 0.15) is 23.1 Å². The van der Waals surface area contributed by atoms with Crippen molar-refractivity contribution >= 4 is 17.8 Å². The predicted octanol–water partition coefficient (Wildman–Crippen LogP) is 5.04. The van der Waals surface area contributed by atoms with Gasteiger partial charge in [-0.1, -0.05) is 18.2 Å². The van der Waals surface area contributed by atoms with Crippen molar-refractivity contribution in [3.8, 4) is 17.2 Å². The van der Waals surface area contributed by atoms with E-state index in [0.29, 0.717) is 6.04 Å². The Morgan fingerprint density at radius 3 is 2.59 bits per heavy atom. The van der Waals surface area contributed by atoms with Crippen molar-refractivity contribution in [3.05, 3.63) is 54.1 Å². The molecule has 5 heteroatoms. The van der Waals surface area contributed by atoms with Gasteiger partial charge in [-0.25, -0.2) is 4.40 Å². The number of amidine groups is 1.